The molecule has 5 nitrogen and oxygen atoms in total. The first kappa shape index (κ1) is 24.9. The molecule has 4 rings (SSSR count). The zero-order valence-corrected chi connectivity index (χ0v) is 21.1. The van der Waals surface area contributed by atoms with E-state index in [1.165, 1.54) is 0 Å². The second-order valence-corrected chi connectivity index (χ2v) is 9.48. The van der Waals surface area contributed by atoms with E-state index in [0.29, 0.717) is 50.7 Å². The van der Waals surface area contributed by atoms with Crippen LogP contribution >= 0.6 is 35.0 Å². The van der Waals surface area contributed by atoms with Gasteiger partial charge in [0.05, 0.1) is 17.7 Å². The molecule has 0 unspecified atom stereocenters. The van der Waals surface area contributed by atoms with Gasteiger partial charge in [0.15, 0.2) is 11.5 Å². The fourth-order valence-corrected chi connectivity index (χ4v) is 4.65. The lowest BCUT2D eigenvalue weighted by Gasteiger charge is -2.16. The Hall–Kier alpha value is -3.19. The first-order chi connectivity index (χ1) is 16.9. The zero-order chi connectivity index (χ0) is 24.9. The Balaban J connectivity index is 1.63. The van der Waals surface area contributed by atoms with Gasteiger partial charge in [-0.2, -0.15) is 0 Å². The number of nitrogens with zero attached hydrogens (tertiary/aromatic N) is 1. The molecule has 0 bridgehead atoms. The second kappa shape index (κ2) is 11.0. The van der Waals surface area contributed by atoms with Crippen molar-refractivity contribution in [3.8, 4) is 11.5 Å². The average molecular weight is 526 g/mol. The third kappa shape index (κ3) is 5.73. The Bertz CT molecular complexity index is 1300. The molecule has 0 radical (unpaired) electrons. The van der Waals surface area contributed by atoms with Crippen LogP contribution in [0.5, 0.6) is 11.5 Å². The van der Waals surface area contributed by atoms with Gasteiger partial charge in [-0.3, -0.25) is 9.59 Å². The first-order valence-electron chi connectivity index (χ1n) is 10.6. The summed E-state index contributed by atoms with van der Waals surface area (Å²) in [5.74, 6) is 0.713. The van der Waals surface area contributed by atoms with Crippen LogP contribution in [0.1, 0.15) is 16.7 Å². The number of hydrogen-bond donors (Lipinski definition) is 0. The Morgan fingerprint density at radius 3 is 2.29 bits per heavy atom. The van der Waals surface area contributed by atoms with Gasteiger partial charge in [-0.25, -0.2) is 4.90 Å². The summed E-state index contributed by atoms with van der Waals surface area (Å²) in [4.78, 5) is 27.1. The molecule has 35 heavy (non-hydrogen) atoms. The number of amides is 2. The van der Waals surface area contributed by atoms with Crippen LogP contribution in [0.4, 0.5) is 10.5 Å². The van der Waals surface area contributed by atoms with Crippen LogP contribution in [0.3, 0.4) is 0 Å². The molecule has 0 atom stereocenters. The lowest BCUT2D eigenvalue weighted by Crippen LogP contribution is -2.27. The lowest BCUT2D eigenvalue weighted by atomic mass is 10.0. The van der Waals surface area contributed by atoms with Crippen LogP contribution in [0, 0.1) is 0 Å². The minimum absolute atomic E-state index is 0.311. The highest BCUT2D eigenvalue weighted by atomic mass is 35.5. The monoisotopic (exact) mass is 525 g/mol. The minimum Gasteiger partial charge on any atom is -0.493 e. The Kier molecular flexibility index (Phi) is 7.86. The van der Waals surface area contributed by atoms with E-state index >= 15 is 0 Å². The molecule has 178 valence electrons. The smallest absolute Gasteiger partial charge is 0.298 e. The van der Waals surface area contributed by atoms with Crippen molar-refractivity contribution in [2.24, 2.45) is 0 Å². The molecule has 2 amide bonds. The summed E-state index contributed by atoms with van der Waals surface area (Å²) in [5.41, 5.74) is 2.98. The van der Waals surface area contributed by atoms with Crippen LogP contribution in [-0.4, -0.2) is 18.3 Å². The predicted molar refractivity (Wildman–Crippen MR) is 143 cm³/mol. The summed E-state index contributed by atoms with van der Waals surface area (Å²) in [6.07, 6.45) is 3.97. The van der Waals surface area contributed by atoms with Crippen molar-refractivity contribution in [3.63, 3.8) is 0 Å². The topological polar surface area (TPSA) is 55.8 Å². The lowest BCUT2D eigenvalue weighted by molar-refractivity contribution is -0.113. The third-order valence-electron chi connectivity index (χ3n) is 5.21. The van der Waals surface area contributed by atoms with Crippen molar-refractivity contribution in [2.45, 2.75) is 13.0 Å². The van der Waals surface area contributed by atoms with Gasteiger partial charge in [0.25, 0.3) is 11.1 Å². The van der Waals surface area contributed by atoms with Gasteiger partial charge in [-0.05, 0) is 83.9 Å². The van der Waals surface area contributed by atoms with Crippen molar-refractivity contribution in [1.82, 2.24) is 0 Å². The largest absolute Gasteiger partial charge is 0.493 e. The fraction of sp³-hybridized carbons (Fsp3) is 0.111. The quantitative estimate of drug-likeness (QED) is 0.224. The molecule has 1 aliphatic rings. The average Bonchev–Trinajstić information content (AvgIpc) is 3.12. The Morgan fingerprint density at radius 1 is 1.00 bits per heavy atom. The first-order valence-corrected chi connectivity index (χ1v) is 12.2. The number of thioether (sulfide) groups is 1. The molecule has 1 heterocycles. The molecule has 1 saturated heterocycles. The molecule has 0 N–H and O–H groups in total. The number of rotatable bonds is 8. The standard InChI is InChI=1S/C27H21Cl2NO4S/c1-3-4-19-13-18(14-23(33-2)25(19)34-16-17-5-7-20(28)8-6-17)15-24-26(31)30(27(32)35-24)22-11-9-21(29)10-12-22/h3,5-15H,1,4,16H2,2H3/b24-15+. The molecule has 0 spiro atoms. The summed E-state index contributed by atoms with van der Waals surface area (Å²) in [6.45, 7) is 4.17. The molecule has 1 fully saturated rings. The summed E-state index contributed by atoms with van der Waals surface area (Å²) >= 11 is 12.8. The number of hydrogen-bond acceptors (Lipinski definition) is 5. The zero-order valence-electron chi connectivity index (χ0n) is 18.8. The fourth-order valence-electron chi connectivity index (χ4n) is 3.56. The number of allylic oxidation sites excluding steroid dienone is 1. The van der Waals surface area contributed by atoms with Crippen LogP contribution in [-0.2, 0) is 17.8 Å². The number of ether oxygens (including phenoxy) is 2. The van der Waals surface area contributed by atoms with Gasteiger partial charge in [-0.1, -0.05) is 41.4 Å². The third-order valence-corrected chi connectivity index (χ3v) is 6.58. The highest BCUT2D eigenvalue weighted by Gasteiger charge is 2.36. The van der Waals surface area contributed by atoms with Crippen LogP contribution in [0.25, 0.3) is 6.08 Å². The van der Waals surface area contributed by atoms with E-state index in [4.69, 9.17) is 32.7 Å². The molecule has 8 heteroatoms. The maximum atomic E-state index is 13.0. The van der Waals surface area contributed by atoms with Crippen molar-refractivity contribution in [3.05, 3.63) is 105 Å². The van der Waals surface area contributed by atoms with E-state index in [9.17, 15) is 9.59 Å². The predicted octanol–water partition coefficient (Wildman–Crippen LogP) is 7.55. The van der Waals surface area contributed by atoms with E-state index in [1.807, 2.05) is 30.3 Å². The van der Waals surface area contributed by atoms with E-state index in [-0.39, 0.29) is 5.24 Å². The van der Waals surface area contributed by atoms with Gasteiger partial charge < -0.3 is 9.47 Å². The molecule has 3 aromatic rings. The maximum Gasteiger partial charge on any atom is 0.298 e. The highest BCUT2D eigenvalue weighted by molar-refractivity contribution is 8.19. The van der Waals surface area contributed by atoms with Gasteiger partial charge in [0.2, 0.25) is 0 Å². The molecule has 0 aromatic heterocycles. The minimum atomic E-state index is -0.394. The van der Waals surface area contributed by atoms with Crippen molar-refractivity contribution in [2.75, 3.05) is 12.0 Å². The SMILES string of the molecule is C=CCc1cc(/C=C2/SC(=O)N(c3ccc(Cl)cc3)C2=O)cc(OC)c1OCc1ccc(Cl)cc1. The number of benzene rings is 3. The number of imide groups is 1. The van der Waals surface area contributed by atoms with E-state index in [2.05, 4.69) is 6.58 Å². The Morgan fingerprint density at radius 2 is 1.66 bits per heavy atom. The van der Waals surface area contributed by atoms with Crippen molar-refractivity contribution in [1.29, 1.82) is 0 Å². The maximum absolute atomic E-state index is 13.0. The molecule has 3 aromatic carbocycles. The summed E-state index contributed by atoms with van der Waals surface area (Å²) in [6, 6.07) is 17.6. The van der Waals surface area contributed by atoms with Crippen molar-refractivity contribution >= 4 is 57.9 Å². The highest BCUT2D eigenvalue weighted by Crippen LogP contribution is 2.39. The van der Waals surface area contributed by atoms with Gasteiger partial charge in [0.1, 0.15) is 6.61 Å². The second-order valence-electron chi connectivity index (χ2n) is 7.61. The number of carbonyl (C=O) groups is 2. The number of anilines is 1. The van der Waals surface area contributed by atoms with Crippen LogP contribution < -0.4 is 14.4 Å². The van der Waals surface area contributed by atoms with Crippen LogP contribution in [0.2, 0.25) is 10.0 Å². The van der Waals surface area contributed by atoms with Crippen molar-refractivity contribution < 1.29 is 19.1 Å². The molecule has 1 aliphatic heterocycles. The summed E-state index contributed by atoms with van der Waals surface area (Å²) in [7, 11) is 1.56. The van der Waals surface area contributed by atoms with Gasteiger partial charge in [0, 0.05) is 15.6 Å². The molecule has 0 saturated carbocycles. The van der Waals surface area contributed by atoms with E-state index < -0.39 is 5.91 Å². The normalized spacial score (nSPS) is 14.5. The van der Waals surface area contributed by atoms with E-state index in [0.717, 1.165) is 27.8 Å². The van der Waals surface area contributed by atoms with E-state index in [1.54, 1.807) is 49.6 Å². The van der Waals surface area contributed by atoms with Crippen LogP contribution in [0.15, 0.2) is 78.2 Å². The van der Waals surface area contributed by atoms with Gasteiger partial charge >= 0.3 is 0 Å². The summed E-state index contributed by atoms with van der Waals surface area (Å²) < 4.78 is 11.7. The Labute approximate surface area is 217 Å². The molecular formula is C27H21Cl2NO4S. The molecule has 0 aliphatic carbocycles. The van der Waals surface area contributed by atoms with Gasteiger partial charge in [-0.15, -0.1) is 6.58 Å². The molecular weight excluding hydrogens is 505 g/mol. The summed E-state index contributed by atoms with van der Waals surface area (Å²) in [5, 5.41) is 0.810. The number of carbonyl (C=O) groups excluding carboxylic acids is 2. The number of methoxy groups -OCH3 is 1. The number of halogens is 2.